The van der Waals surface area contributed by atoms with Gasteiger partial charge in [0, 0.05) is 0 Å². The van der Waals surface area contributed by atoms with Crippen LogP contribution in [0.5, 0.6) is 5.75 Å². The van der Waals surface area contributed by atoms with Gasteiger partial charge in [-0.3, -0.25) is 0 Å². The van der Waals surface area contributed by atoms with Crippen LogP contribution < -0.4 is 10.5 Å². The fourth-order valence-electron chi connectivity index (χ4n) is 1.20. The molecule has 0 amide bonds. The molecule has 0 radical (unpaired) electrons. The summed E-state index contributed by atoms with van der Waals surface area (Å²) in [5, 5.41) is 0. The molecule has 0 heterocycles. The first kappa shape index (κ1) is 15.1. The Morgan fingerprint density at radius 3 is 2.50 bits per heavy atom. The molecule has 1 rings (SSSR count). The van der Waals surface area contributed by atoms with Crippen LogP contribution in [0.15, 0.2) is 24.3 Å². The topological polar surface area (TPSA) is 35.2 Å². The van der Waals surface area contributed by atoms with Crippen LogP contribution in [-0.2, 0) is 6.42 Å². The van der Waals surface area contributed by atoms with Crippen LogP contribution in [0.2, 0.25) is 0 Å². The van der Waals surface area contributed by atoms with Gasteiger partial charge in [-0.2, -0.15) is 0 Å². The molecule has 0 saturated heterocycles. The van der Waals surface area contributed by atoms with Crippen molar-refractivity contribution in [2.45, 2.75) is 19.2 Å². The predicted molar refractivity (Wildman–Crippen MR) is 57.7 cm³/mol. The number of nitrogens with two attached hydrogens (primary N) is 1. The predicted octanol–water partition coefficient (Wildman–Crippen LogP) is 2.90. The van der Waals surface area contributed by atoms with E-state index in [1.165, 1.54) is 18.2 Å². The van der Waals surface area contributed by atoms with Gasteiger partial charge < -0.3 is 10.5 Å². The van der Waals surface area contributed by atoms with Crippen molar-refractivity contribution < 1.29 is 17.9 Å². The van der Waals surface area contributed by atoms with Crippen molar-refractivity contribution in [2.24, 2.45) is 5.73 Å². The lowest BCUT2D eigenvalue weighted by atomic mass is 10.1. The second-order valence-corrected chi connectivity index (χ2v) is 3.09. The lowest BCUT2D eigenvalue weighted by molar-refractivity contribution is -0.274. The molecule has 0 bridgehead atoms. The second kappa shape index (κ2) is 6.60. The van der Waals surface area contributed by atoms with E-state index in [1.807, 2.05) is 0 Å². The molecule has 0 unspecified atom stereocenters. The summed E-state index contributed by atoms with van der Waals surface area (Å²) in [7, 11) is 0. The Hall–Kier alpha value is -0.940. The molecule has 0 spiro atoms. The summed E-state index contributed by atoms with van der Waals surface area (Å²) in [4.78, 5) is 0. The molecule has 0 saturated carbocycles. The molecule has 6 heteroatoms. The molecular weight excluding hydrogens is 243 g/mol. The number of aryl methyl sites for hydroxylation is 1. The highest BCUT2D eigenvalue weighted by Crippen LogP contribution is 2.23. The van der Waals surface area contributed by atoms with Crippen LogP contribution in [0.3, 0.4) is 0 Å². The zero-order chi connectivity index (χ0) is 11.3. The summed E-state index contributed by atoms with van der Waals surface area (Å²) in [5.41, 5.74) is 6.10. The fraction of sp³-hybridized carbons (Fsp3) is 0.400. The van der Waals surface area contributed by atoms with E-state index >= 15 is 0 Å². The van der Waals surface area contributed by atoms with Gasteiger partial charge in [0.1, 0.15) is 5.75 Å². The number of hydrogen-bond donors (Lipinski definition) is 1. The Morgan fingerprint density at radius 1 is 1.25 bits per heavy atom. The van der Waals surface area contributed by atoms with Gasteiger partial charge in [0.15, 0.2) is 0 Å². The zero-order valence-electron chi connectivity index (χ0n) is 8.46. The largest absolute Gasteiger partial charge is 0.573 e. The van der Waals surface area contributed by atoms with Gasteiger partial charge in [0.05, 0.1) is 0 Å². The Balaban J connectivity index is 0.00000225. The molecule has 92 valence electrons. The van der Waals surface area contributed by atoms with Crippen LogP contribution in [0, 0.1) is 0 Å². The third-order valence-electron chi connectivity index (χ3n) is 1.80. The number of hydrogen-bond acceptors (Lipinski definition) is 2. The molecule has 0 atom stereocenters. The highest BCUT2D eigenvalue weighted by molar-refractivity contribution is 5.85. The van der Waals surface area contributed by atoms with Gasteiger partial charge in [-0.05, 0) is 37.1 Å². The zero-order valence-corrected chi connectivity index (χ0v) is 9.27. The summed E-state index contributed by atoms with van der Waals surface area (Å²) < 4.78 is 39.4. The van der Waals surface area contributed by atoms with E-state index in [-0.39, 0.29) is 18.2 Å². The Morgan fingerprint density at radius 2 is 1.94 bits per heavy atom. The quantitative estimate of drug-likeness (QED) is 0.898. The molecule has 1 aromatic rings. The Kier molecular flexibility index (Phi) is 6.21. The highest BCUT2D eigenvalue weighted by Gasteiger charge is 2.30. The van der Waals surface area contributed by atoms with Crippen LogP contribution in [0.1, 0.15) is 12.0 Å². The molecule has 16 heavy (non-hydrogen) atoms. The van der Waals surface area contributed by atoms with Crippen LogP contribution in [0.4, 0.5) is 13.2 Å². The fourth-order valence-corrected chi connectivity index (χ4v) is 1.20. The maximum absolute atomic E-state index is 11.9. The normalized spacial score (nSPS) is 10.8. The number of benzene rings is 1. The lowest BCUT2D eigenvalue weighted by Gasteiger charge is -2.09. The van der Waals surface area contributed by atoms with Crippen LogP contribution in [-0.4, -0.2) is 12.9 Å². The van der Waals surface area contributed by atoms with Gasteiger partial charge in [-0.15, -0.1) is 25.6 Å². The third kappa shape index (κ3) is 5.82. The first-order chi connectivity index (χ1) is 7.01. The van der Waals surface area contributed by atoms with E-state index in [4.69, 9.17) is 5.73 Å². The molecule has 0 aromatic heterocycles. The third-order valence-corrected chi connectivity index (χ3v) is 1.80. The standard InChI is InChI=1S/C10H12F3NO.ClH/c11-10(12,13)15-9-5-1-3-8(7-9)4-2-6-14;/h1,3,5,7H,2,4,6,14H2;1H. The summed E-state index contributed by atoms with van der Waals surface area (Å²) >= 11 is 0. The van der Waals surface area contributed by atoms with Crippen molar-refractivity contribution in [1.29, 1.82) is 0 Å². The first-order valence-corrected chi connectivity index (χ1v) is 4.56. The maximum Gasteiger partial charge on any atom is 0.573 e. The second-order valence-electron chi connectivity index (χ2n) is 3.09. The maximum atomic E-state index is 11.9. The molecular formula is C10H13ClF3NO. The summed E-state index contributed by atoms with van der Waals surface area (Å²) in [6.07, 6.45) is -3.23. The summed E-state index contributed by atoms with van der Waals surface area (Å²) in [6, 6.07) is 5.94. The average Bonchev–Trinajstić information content (AvgIpc) is 2.12. The number of halogens is 4. The van der Waals surface area contributed by atoms with Crippen LogP contribution >= 0.6 is 12.4 Å². The van der Waals surface area contributed by atoms with Crippen molar-refractivity contribution in [1.82, 2.24) is 0 Å². The minimum Gasteiger partial charge on any atom is -0.406 e. The lowest BCUT2D eigenvalue weighted by Crippen LogP contribution is -2.17. The minimum atomic E-state index is -4.63. The Bertz CT molecular complexity index is 317. The molecule has 0 aliphatic heterocycles. The van der Waals surface area contributed by atoms with Gasteiger partial charge in [-0.25, -0.2) is 0 Å². The molecule has 2 N–H and O–H groups in total. The van der Waals surface area contributed by atoms with E-state index < -0.39 is 6.36 Å². The van der Waals surface area contributed by atoms with Crippen molar-refractivity contribution >= 4 is 12.4 Å². The van der Waals surface area contributed by atoms with E-state index in [9.17, 15) is 13.2 Å². The molecule has 0 aliphatic rings. The van der Waals surface area contributed by atoms with Gasteiger partial charge >= 0.3 is 6.36 Å². The smallest absolute Gasteiger partial charge is 0.406 e. The van der Waals surface area contributed by atoms with Crippen molar-refractivity contribution in [3.8, 4) is 5.75 Å². The van der Waals surface area contributed by atoms with Crippen molar-refractivity contribution in [2.75, 3.05) is 6.54 Å². The molecule has 2 nitrogen and oxygen atoms in total. The van der Waals surface area contributed by atoms with Crippen molar-refractivity contribution in [3.63, 3.8) is 0 Å². The minimum absolute atomic E-state index is 0. The summed E-state index contributed by atoms with van der Waals surface area (Å²) in [6.45, 7) is 0.518. The Labute approximate surface area is 98.0 Å². The summed E-state index contributed by atoms with van der Waals surface area (Å²) in [5.74, 6) is -0.183. The SMILES string of the molecule is Cl.NCCCc1cccc(OC(F)(F)F)c1. The highest BCUT2D eigenvalue weighted by atomic mass is 35.5. The van der Waals surface area contributed by atoms with E-state index in [2.05, 4.69) is 4.74 Å². The average molecular weight is 256 g/mol. The molecule has 0 aliphatic carbocycles. The molecule has 1 aromatic carbocycles. The number of ether oxygens (including phenoxy) is 1. The molecule has 0 fully saturated rings. The first-order valence-electron chi connectivity index (χ1n) is 4.56. The monoisotopic (exact) mass is 255 g/mol. The van der Waals surface area contributed by atoms with Crippen LogP contribution in [0.25, 0.3) is 0 Å². The number of alkyl halides is 3. The van der Waals surface area contributed by atoms with E-state index in [0.717, 1.165) is 12.0 Å². The van der Waals surface area contributed by atoms with Gasteiger partial charge in [0.25, 0.3) is 0 Å². The van der Waals surface area contributed by atoms with Crippen molar-refractivity contribution in [3.05, 3.63) is 29.8 Å². The van der Waals surface area contributed by atoms with E-state index in [0.29, 0.717) is 13.0 Å². The van der Waals surface area contributed by atoms with Gasteiger partial charge in [-0.1, -0.05) is 12.1 Å². The number of rotatable bonds is 4. The van der Waals surface area contributed by atoms with Gasteiger partial charge in [0.2, 0.25) is 0 Å². The van der Waals surface area contributed by atoms with E-state index in [1.54, 1.807) is 6.07 Å².